The predicted octanol–water partition coefficient (Wildman–Crippen LogP) is 2.82. The van der Waals surface area contributed by atoms with Gasteiger partial charge < -0.3 is 0 Å². The molecule has 2 rings (SSSR count). The summed E-state index contributed by atoms with van der Waals surface area (Å²) in [5.41, 5.74) is 3.25. The van der Waals surface area contributed by atoms with Crippen molar-refractivity contribution >= 4 is 11.3 Å². The maximum atomic E-state index is 4.38. The fraction of sp³-hybridized carbons (Fsp3) is 0.200. The molecule has 0 radical (unpaired) electrons. The van der Waals surface area contributed by atoms with Crippen LogP contribution in [0.5, 0.6) is 0 Å². The van der Waals surface area contributed by atoms with Gasteiger partial charge >= 0.3 is 0 Å². The first-order valence-corrected chi connectivity index (χ1v) is 4.99. The molecule has 2 heterocycles. The van der Waals surface area contributed by atoms with Crippen molar-refractivity contribution in [2.75, 3.05) is 0 Å². The van der Waals surface area contributed by atoms with Crippen LogP contribution in [0.4, 0.5) is 0 Å². The molecule has 2 aromatic heterocycles. The molecular weight excluding hydrogens is 180 g/mol. The van der Waals surface area contributed by atoms with E-state index in [9.17, 15) is 0 Å². The zero-order valence-corrected chi connectivity index (χ0v) is 8.43. The standard InChI is InChI=1S/C10H10N2S/c1-7-3-4-11-9(5-7)10-12-8(2)6-13-10/h3-6H,1-2H3. The number of rotatable bonds is 1. The third-order valence-corrected chi connectivity index (χ3v) is 2.74. The van der Waals surface area contributed by atoms with Crippen molar-refractivity contribution in [3.05, 3.63) is 35.0 Å². The largest absolute Gasteiger partial charge is 0.254 e. The highest BCUT2D eigenvalue weighted by molar-refractivity contribution is 7.13. The quantitative estimate of drug-likeness (QED) is 0.691. The number of thiazole rings is 1. The highest BCUT2D eigenvalue weighted by Gasteiger charge is 2.02. The highest BCUT2D eigenvalue weighted by atomic mass is 32.1. The van der Waals surface area contributed by atoms with Crippen LogP contribution in [0.1, 0.15) is 11.3 Å². The summed E-state index contributed by atoms with van der Waals surface area (Å²) in [6.07, 6.45) is 1.82. The maximum Gasteiger partial charge on any atom is 0.142 e. The van der Waals surface area contributed by atoms with Crippen LogP contribution in [-0.2, 0) is 0 Å². The molecular formula is C10H10N2S. The summed E-state index contributed by atoms with van der Waals surface area (Å²) >= 11 is 1.64. The fourth-order valence-electron chi connectivity index (χ4n) is 1.12. The second kappa shape index (κ2) is 3.26. The van der Waals surface area contributed by atoms with Crippen LogP contribution in [0.2, 0.25) is 0 Å². The van der Waals surface area contributed by atoms with Gasteiger partial charge in [0.05, 0.1) is 5.69 Å². The van der Waals surface area contributed by atoms with E-state index in [4.69, 9.17) is 0 Å². The second-order valence-corrected chi connectivity index (χ2v) is 3.87. The summed E-state index contributed by atoms with van der Waals surface area (Å²) in [5.74, 6) is 0. The van der Waals surface area contributed by atoms with Gasteiger partial charge in [0.1, 0.15) is 5.01 Å². The Kier molecular flexibility index (Phi) is 2.10. The van der Waals surface area contributed by atoms with E-state index in [2.05, 4.69) is 23.0 Å². The Morgan fingerprint density at radius 2 is 2.15 bits per heavy atom. The average molecular weight is 190 g/mol. The Balaban J connectivity index is 2.46. The average Bonchev–Trinajstić information content (AvgIpc) is 2.52. The monoisotopic (exact) mass is 190 g/mol. The molecule has 0 spiro atoms. The smallest absolute Gasteiger partial charge is 0.142 e. The molecule has 0 fully saturated rings. The molecule has 66 valence electrons. The van der Waals surface area contributed by atoms with E-state index in [1.54, 1.807) is 11.3 Å². The van der Waals surface area contributed by atoms with Gasteiger partial charge in [-0.2, -0.15) is 0 Å². The molecule has 2 nitrogen and oxygen atoms in total. The Morgan fingerprint density at radius 1 is 1.31 bits per heavy atom. The first-order valence-electron chi connectivity index (χ1n) is 4.11. The van der Waals surface area contributed by atoms with E-state index in [0.29, 0.717) is 0 Å². The van der Waals surface area contributed by atoms with Gasteiger partial charge in [0.25, 0.3) is 0 Å². The molecule has 0 saturated carbocycles. The summed E-state index contributed by atoms with van der Waals surface area (Å²) < 4.78 is 0. The van der Waals surface area contributed by atoms with Gasteiger partial charge in [0.2, 0.25) is 0 Å². The van der Waals surface area contributed by atoms with E-state index in [1.165, 1.54) is 5.56 Å². The molecule has 0 aliphatic heterocycles. The van der Waals surface area contributed by atoms with Gasteiger partial charge in [0, 0.05) is 17.3 Å². The molecule has 0 atom stereocenters. The third-order valence-electron chi connectivity index (χ3n) is 1.75. The minimum absolute atomic E-state index is 0.970. The third kappa shape index (κ3) is 1.75. The summed E-state index contributed by atoms with van der Waals surface area (Å²) in [6.45, 7) is 4.06. The van der Waals surface area contributed by atoms with Gasteiger partial charge in [-0.1, -0.05) is 0 Å². The first-order chi connectivity index (χ1) is 6.25. The van der Waals surface area contributed by atoms with Crippen molar-refractivity contribution in [2.24, 2.45) is 0 Å². The Morgan fingerprint density at radius 3 is 2.77 bits per heavy atom. The van der Waals surface area contributed by atoms with Gasteiger partial charge in [-0.05, 0) is 31.5 Å². The molecule has 0 aliphatic rings. The molecule has 13 heavy (non-hydrogen) atoms. The van der Waals surface area contributed by atoms with E-state index in [0.717, 1.165) is 16.4 Å². The highest BCUT2D eigenvalue weighted by Crippen LogP contribution is 2.21. The first kappa shape index (κ1) is 8.38. The predicted molar refractivity (Wildman–Crippen MR) is 54.8 cm³/mol. The van der Waals surface area contributed by atoms with E-state index >= 15 is 0 Å². The summed E-state index contributed by atoms with van der Waals surface area (Å²) in [7, 11) is 0. The Bertz CT molecular complexity index is 420. The van der Waals surface area contributed by atoms with Crippen molar-refractivity contribution in [3.63, 3.8) is 0 Å². The lowest BCUT2D eigenvalue weighted by molar-refractivity contribution is 1.22. The van der Waals surface area contributed by atoms with Crippen LogP contribution in [0.3, 0.4) is 0 Å². The molecule has 2 aromatic rings. The minimum atomic E-state index is 0.970. The minimum Gasteiger partial charge on any atom is -0.254 e. The van der Waals surface area contributed by atoms with Gasteiger partial charge in [-0.15, -0.1) is 11.3 Å². The molecule has 0 N–H and O–H groups in total. The summed E-state index contributed by atoms with van der Waals surface area (Å²) in [5, 5.41) is 3.04. The lowest BCUT2D eigenvalue weighted by Gasteiger charge is -1.95. The van der Waals surface area contributed by atoms with Crippen molar-refractivity contribution in [1.82, 2.24) is 9.97 Å². The van der Waals surface area contributed by atoms with E-state index in [1.807, 2.05) is 24.6 Å². The lowest BCUT2D eigenvalue weighted by Crippen LogP contribution is -1.83. The van der Waals surface area contributed by atoms with Gasteiger partial charge in [0.15, 0.2) is 0 Å². The topological polar surface area (TPSA) is 25.8 Å². The molecule has 0 amide bonds. The van der Waals surface area contributed by atoms with Gasteiger partial charge in [-0.3, -0.25) is 4.98 Å². The second-order valence-electron chi connectivity index (χ2n) is 3.01. The van der Waals surface area contributed by atoms with Crippen molar-refractivity contribution in [3.8, 4) is 10.7 Å². The molecule has 0 aliphatic carbocycles. The maximum absolute atomic E-state index is 4.38. The van der Waals surface area contributed by atoms with Crippen LogP contribution in [0.25, 0.3) is 10.7 Å². The zero-order chi connectivity index (χ0) is 9.26. The molecule has 0 aromatic carbocycles. The summed E-state index contributed by atoms with van der Waals surface area (Å²) in [4.78, 5) is 8.65. The summed E-state index contributed by atoms with van der Waals surface area (Å²) in [6, 6.07) is 4.04. The fourth-order valence-corrected chi connectivity index (χ4v) is 1.89. The number of aromatic nitrogens is 2. The van der Waals surface area contributed by atoms with Crippen LogP contribution in [-0.4, -0.2) is 9.97 Å². The van der Waals surface area contributed by atoms with Crippen molar-refractivity contribution in [2.45, 2.75) is 13.8 Å². The van der Waals surface area contributed by atoms with Crippen molar-refractivity contribution < 1.29 is 0 Å². The molecule has 0 bridgehead atoms. The number of hydrogen-bond acceptors (Lipinski definition) is 3. The number of aryl methyl sites for hydroxylation is 2. The zero-order valence-electron chi connectivity index (χ0n) is 7.61. The molecule has 0 unspecified atom stereocenters. The Labute approximate surface area is 81.3 Å². The van der Waals surface area contributed by atoms with Crippen molar-refractivity contribution in [1.29, 1.82) is 0 Å². The Hall–Kier alpha value is -1.22. The molecule has 3 heteroatoms. The van der Waals surface area contributed by atoms with Crippen LogP contribution in [0, 0.1) is 13.8 Å². The molecule has 0 saturated heterocycles. The van der Waals surface area contributed by atoms with Gasteiger partial charge in [-0.25, -0.2) is 4.98 Å². The SMILES string of the molecule is Cc1ccnc(-c2nc(C)cs2)c1. The number of pyridine rings is 1. The van der Waals surface area contributed by atoms with E-state index in [-0.39, 0.29) is 0 Å². The number of nitrogens with zero attached hydrogens (tertiary/aromatic N) is 2. The van der Waals surface area contributed by atoms with Crippen LogP contribution >= 0.6 is 11.3 Å². The number of hydrogen-bond donors (Lipinski definition) is 0. The normalized spacial score (nSPS) is 10.3. The van der Waals surface area contributed by atoms with E-state index < -0.39 is 0 Å². The van der Waals surface area contributed by atoms with Crippen LogP contribution < -0.4 is 0 Å². The van der Waals surface area contributed by atoms with Crippen LogP contribution in [0.15, 0.2) is 23.7 Å². The lowest BCUT2D eigenvalue weighted by atomic mass is 10.2.